The largest absolute Gasteiger partial charge is 0.467 e. The van der Waals surface area contributed by atoms with Crippen LogP contribution in [0.25, 0.3) is 0 Å². The lowest BCUT2D eigenvalue weighted by atomic mass is 9.83. The van der Waals surface area contributed by atoms with Gasteiger partial charge in [0.25, 0.3) is 0 Å². The molecule has 0 spiro atoms. The van der Waals surface area contributed by atoms with Crippen LogP contribution in [0.2, 0.25) is 0 Å². The summed E-state index contributed by atoms with van der Waals surface area (Å²) in [5.41, 5.74) is 5.65. The van der Waals surface area contributed by atoms with Gasteiger partial charge in [0.2, 0.25) is 5.91 Å². The third-order valence-electron chi connectivity index (χ3n) is 4.05. The normalized spacial score (nSPS) is 20.1. The molecule has 1 aliphatic rings. The number of amides is 1. The number of methoxy groups -OCH3 is 1. The first-order chi connectivity index (χ1) is 9.27. The van der Waals surface area contributed by atoms with Crippen molar-refractivity contribution in [3.8, 4) is 0 Å². The van der Waals surface area contributed by atoms with Crippen LogP contribution in [0, 0.1) is 11.3 Å². The van der Waals surface area contributed by atoms with Gasteiger partial charge in [-0.05, 0) is 24.2 Å². The molecule has 0 aromatic carbocycles. The molecule has 0 aliphatic heterocycles. The molecule has 116 valence electrons. The smallest absolute Gasteiger partial charge is 0.328 e. The molecule has 0 radical (unpaired) electrons. The molecule has 1 fully saturated rings. The Kier molecular flexibility index (Phi) is 5.99. The number of hydrogen-bond acceptors (Lipinski definition) is 4. The maximum Gasteiger partial charge on any atom is 0.328 e. The molecule has 5 heteroatoms. The van der Waals surface area contributed by atoms with Crippen molar-refractivity contribution in [2.45, 2.75) is 65.0 Å². The van der Waals surface area contributed by atoms with E-state index in [1.54, 1.807) is 0 Å². The molecule has 1 rings (SSSR count). The highest BCUT2D eigenvalue weighted by atomic mass is 16.5. The Morgan fingerprint density at radius 3 is 2.20 bits per heavy atom. The summed E-state index contributed by atoms with van der Waals surface area (Å²) in [7, 11) is 1.33. The number of esters is 1. The highest BCUT2D eigenvalue weighted by molar-refractivity contribution is 5.88. The van der Waals surface area contributed by atoms with E-state index in [1.165, 1.54) is 13.5 Å². The van der Waals surface area contributed by atoms with Gasteiger partial charge in [0, 0.05) is 0 Å². The molecule has 1 unspecified atom stereocenters. The van der Waals surface area contributed by atoms with Crippen molar-refractivity contribution in [3.63, 3.8) is 0 Å². The SMILES string of the molecule is COC(=O)C(NC(=O)[C@@H](N)C1CCCCC1)C(C)(C)C. The minimum Gasteiger partial charge on any atom is -0.467 e. The quantitative estimate of drug-likeness (QED) is 0.768. The molecule has 0 heterocycles. The van der Waals surface area contributed by atoms with E-state index >= 15 is 0 Å². The van der Waals surface area contributed by atoms with Crippen LogP contribution < -0.4 is 11.1 Å². The highest BCUT2D eigenvalue weighted by Gasteiger charge is 2.36. The zero-order valence-electron chi connectivity index (χ0n) is 13.1. The fourth-order valence-corrected chi connectivity index (χ4v) is 2.69. The van der Waals surface area contributed by atoms with E-state index in [0.717, 1.165) is 25.7 Å². The van der Waals surface area contributed by atoms with Gasteiger partial charge >= 0.3 is 5.97 Å². The van der Waals surface area contributed by atoms with E-state index in [9.17, 15) is 9.59 Å². The van der Waals surface area contributed by atoms with E-state index in [2.05, 4.69) is 5.32 Å². The first-order valence-electron chi connectivity index (χ1n) is 7.41. The van der Waals surface area contributed by atoms with Crippen LogP contribution in [-0.4, -0.2) is 31.1 Å². The van der Waals surface area contributed by atoms with Crippen LogP contribution >= 0.6 is 0 Å². The van der Waals surface area contributed by atoms with Crippen LogP contribution in [0.1, 0.15) is 52.9 Å². The van der Waals surface area contributed by atoms with Crippen molar-refractivity contribution < 1.29 is 14.3 Å². The van der Waals surface area contributed by atoms with E-state index in [0.29, 0.717) is 0 Å². The van der Waals surface area contributed by atoms with Crippen molar-refractivity contribution in [2.24, 2.45) is 17.1 Å². The zero-order chi connectivity index (χ0) is 15.3. The van der Waals surface area contributed by atoms with Crippen molar-refractivity contribution in [1.29, 1.82) is 0 Å². The van der Waals surface area contributed by atoms with E-state index in [1.807, 2.05) is 20.8 Å². The number of carbonyl (C=O) groups excluding carboxylic acids is 2. The zero-order valence-corrected chi connectivity index (χ0v) is 13.1. The Hall–Kier alpha value is -1.10. The van der Waals surface area contributed by atoms with Crippen molar-refractivity contribution in [1.82, 2.24) is 5.32 Å². The number of rotatable bonds is 4. The van der Waals surface area contributed by atoms with E-state index < -0.39 is 23.5 Å². The second kappa shape index (κ2) is 7.07. The van der Waals surface area contributed by atoms with Crippen molar-refractivity contribution in [2.75, 3.05) is 7.11 Å². The Labute approximate surface area is 121 Å². The average Bonchev–Trinajstić information content (AvgIpc) is 2.42. The lowest BCUT2D eigenvalue weighted by Crippen LogP contribution is -2.55. The van der Waals surface area contributed by atoms with Gasteiger partial charge in [0.15, 0.2) is 0 Å². The Balaban J connectivity index is 2.67. The third kappa shape index (κ3) is 4.47. The molecule has 1 aliphatic carbocycles. The fourth-order valence-electron chi connectivity index (χ4n) is 2.69. The predicted octanol–water partition coefficient (Wildman–Crippen LogP) is 1.60. The van der Waals surface area contributed by atoms with Gasteiger partial charge in [-0.1, -0.05) is 40.0 Å². The number of ether oxygens (including phenoxy) is 1. The van der Waals surface area contributed by atoms with Gasteiger partial charge in [0.05, 0.1) is 13.2 Å². The van der Waals surface area contributed by atoms with Gasteiger partial charge in [-0.15, -0.1) is 0 Å². The maximum absolute atomic E-state index is 12.3. The molecule has 2 atom stereocenters. The van der Waals surface area contributed by atoms with Gasteiger partial charge in [-0.2, -0.15) is 0 Å². The topological polar surface area (TPSA) is 81.4 Å². The van der Waals surface area contributed by atoms with Gasteiger partial charge < -0.3 is 15.8 Å². The van der Waals surface area contributed by atoms with E-state index in [4.69, 9.17) is 10.5 Å². The fraction of sp³-hybridized carbons (Fsp3) is 0.867. The molecule has 3 N–H and O–H groups in total. The summed E-state index contributed by atoms with van der Waals surface area (Å²) in [5.74, 6) is -0.453. The summed E-state index contributed by atoms with van der Waals surface area (Å²) in [4.78, 5) is 24.1. The van der Waals surface area contributed by atoms with Crippen LogP contribution in [0.3, 0.4) is 0 Å². The summed E-state index contributed by atoms with van der Waals surface area (Å²) in [6.07, 6.45) is 5.47. The average molecular weight is 284 g/mol. The lowest BCUT2D eigenvalue weighted by Gasteiger charge is -2.32. The maximum atomic E-state index is 12.3. The monoisotopic (exact) mass is 284 g/mol. The second-order valence-corrected chi connectivity index (χ2v) is 6.75. The van der Waals surface area contributed by atoms with Crippen molar-refractivity contribution >= 4 is 11.9 Å². The molecular weight excluding hydrogens is 256 g/mol. The first kappa shape index (κ1) is 17.0. The molecule has 20 heavy (non-hydrogen) atoms. The standard InChI is InChI=1S/C15H28N2O3/c1-15(2,3)12(14(19)20-4)17-13(18)11(16)10-8-6-5-7-9-10/h10-12H,5-9,16H2,1-4H3,(H,17,18)/t11-,12?/m0/s1. The summed E-state index contributed by atoms with van der Waals surface area (Å²) >= 11 is 0. The van der Waals surface area contributed by atoms with Crippen LogP contribution in [-0.2, 0) is 14.3 Å². The molecule has 1 amide bonds. The highest BCUT2D eigenvalue weighted by Crippen LogP contribution is 2.26. The summed E-state index contributed by atoms with van der Waals surface area (Å²) in [6, 6.07) is -1.21. The summed E-state index contributed by atoms with van der Waals surface area (Å²) in [6.45, 7) is 5.67. The minimum absolute atomic E-state index is 0.224. The molecule has 0 aromatic heterocycles. The summed E-state index contributed by atoms with van der Waals surface area (Å²) < 4.78 is 4.77. The number of hydrogen-bond donors (Lipinski definition) is 2. The minimum atomic E-state index is -0.672. The van der Waals surface area contributed by atoms with E-state index in [-0.39, 0.29) is 11.8 Å². The van der Waals surface area contributed by atoms with Crippen LogP contribution in [0.15, 0.2) is 0 Å². The van der Waals surface area contributed by atoms with Gasteiger partial charge in [-0.3, -0.25) is 4.79 Å². The number of nitrogens with two attached hydrogens (primary N) is 1. The molecule has 5 nitrogen and oxygen atoms in total. The molecule has 1 saturated carbocycles. The third-order valence-corrected chi connectivity index (χ3v) is 4.05. The molecule has 0 saturated heterocycles. The molecule has 0 aromatic rings. The lowest BCUT2D eigenvalue weighted by molar-refractivity contribution is -0.148. The van der Waals surface area contributed by atoms with Crippen molar-refractivity contribution in [3.05, 3.63) is 0 Å². The Morgan fingerprint density at radius 2 is 1.75 bits per heavy atom. The first-order valence-corrected chi connectivity index (χ1v) is 7.41. The Morgan fingerprint density at radius 1 is 1.20 bits per heavy atom. The predicted molar refractivity (Wildman–Crippen MR) is 78.0 cm³/mol. The Bertz CT molecular complexity index is 344. The van der Waals surface area contributed by atoms with Gasteiger partial charge in [-0.25, -0.2) is 4.79 Å². The summed E-state index contributed by atoms with van der Waals surface area (Å²) in [5, 5.41) is 2.77. The molecular formula is C15H28N2O3. The molecule has 0 bridgehead atoms. The van der Waals surface area contributed by atoms with Crippen LogP contribution in [0.5, 0.6) is 0 Å². The number of carbonyl (C=O) groups is 2. The number of nitrogens with one attached hydrogen (secondary N) is 1. The van der Waals surface area contributed by atoms with Crippen LogP contribution in [0.4, 0.5) is 0 Å². The van der Waals surface area contributed by atoms with Gasteiger partial charge in [0.1, 0.15) is 6.04 Å². The second-order valence-electron chi connectivity index (χ2n) is 6.75.